The Hall–Kier alpha value is -7.37. The molecule has 0 radical (unpaired) electrons. The lowest BCUT2D eigenvalue weighted by Gasteiger charge is -2.26. The second-order valence-electron chi connectivity index (χ2n) is 13.7. The molecule has 0 aliphatic carbocycles. The van der Waals surface area contributed by atoms with Crippen molar-refractivity contribution < 1.29 is 4.42 Å². The number of para-hydroxylation sites is 5. The van der Waals surface area contributed by atoms with E-state index < -0.39 is 0 Å². The van der Waals surface area contributed by atoms with Gasteiger partial charge in [-0.05, 0) is 89.5 Å². The van der Waals surface area contributed by atoms with Crippen molar-refractivity contribution in [1.29, 1.82) is 0 Å². The molecule has 11 aromatic rings. The number of fused-ring (bicyclic) bond motifs is 8. The summed E-state index contributed by atoms with van der Waals surface area (Å²) in [5.74, 6) is 0.887. The van der Waals surface area contributed by atoms with E-state index in [1.54, 1.807) is 0 Å². The van der Waals surface area contributed by atoms with Crippen LogP contribution in [-0.2, 0) is 0 Å². The number of furan rings is 1. The summed E-state index contributed by atoms with van der Waals surface area (Å²) in [6.07, 6.45) is 0. The monoisotopic (exact) mass is 692 g/mol. The quantitative estimate of drug-likeness (QED) is 0.174. The van der Waals surface area contributed by atoms with Crippen molar-refractivity contribution in [2.24, 2.45) is 0 Å². The first kappa shape index (κ1) is 30.3. The number of aromatic nitrogens is 3. The topological polar surface area (TPSA) is 38.6 Å². The lowest BCUT2D eigenvalue weighted by Crippen LogP contribution is -2.10. The predicted molar refractivity (Wildman–Crippen MR) is 222 cm³/mol. The van der Waals surface area contributed by atoms with Crippen LogP contribution in [0.3, 0.4) is 0 Å². The van der Waals surface area contributed by atoms with Gasteiger partial charge in [0.25, 0.3) is 0 Å². The molecular weight excluding hydrogens is 661 g/mol. The summed E-state index contributed by atoms with van der Waals surface area (Å²) in [5, 5.41) is 2.26. The van der Waals surface area contributed by atoms with Crippen molar-refractivity contribution in [2.75, 3.05) is 4.90 Å². The molecule has 5 heteroatoms. The maximum atomic E-state index is 6.42. The minimum absolute atomic E-state index is 0.887. The van der Waals surface area contributed by atoms with Crippen LogP contribution in [0, 0.1) is 0 Å². The number of anilines is 3. The van der Waals surface area contributed by atoms with E-state index in [0.29, 0.717) is 0 Å². The summed E-state index contributed by atoms with van der Waals surface area (Å²) < 4.78 is 11.0. The molecule has 254 valence electrons. The molecule has 8 aromatic carbocycles. The first-order valence-corrected chi connectivity index (χ1v) is 18.2. The van der Waals surface area contributed by atoms with Gasteiger partial charge in [-0.1, -0.05) is 121 Å². The van der Waals surface area contributed by atoms with Crippen LogP contribution in [0.1, 0.15) is 0 Å². The molecule has 5 nitrogen and oxygen atoms in total. The maximum Gasteiger partial charge on any atom is 0.220 e. The smallest absolute Gasteiger partial charge is 0.220 e. The Morgan fingerprint density at radius 2 is 1.07 bits per heavy atom. The second kappa shape index (κ2) is 12.1. The summed E-state index contributed by atoms with van der Waals surface area (Å²) in [7, 11) is 0. The zero-order chi connectivity index (χ0) is 35.6. The van der Waals surface area contributed by atoms with E-state index in [4.69, 9.17) is 9.40 Å². The highest BCUT2D eigenvalue weighted by molar-refractivity contribution is 6.09. The Morgan fingerprint density at radius 1 is 0.444 bits per heavy atom. The highest BCUT2D eigenvalue weighted by Gasteiger charge is 2.21. The minimum Gasteiger partial charge on any atom is -0.455 e. The molecule has 0 atom stereocenters. The SMILES string of the molecule is c1ccc(-c2ccc(N(c3ccc(-c4cccc5c4oc4ccccc45)cc3)c3ccc4c(c3)n3c5ccccc5nc3n4-c3ccccc3)cc2)cc1. The van der Waals surface area contributed by atoms with Gasteiger partial charge in [-0.3, -0.25) is 8.97 Å². The van der Waals surface area contributed by atoms with E-state index in [9.17, 15) is 0 Å². The highest BCUT2D eigenvalue weighted by atomic mass is 16.3. The number of rotatable bonds is 6. The van der Waals surface area contributed by atoms with Gasteiger partial charge in [-0.15, -0.1) is 0 Å². The van der Waals surface area contributed by atoms with E-state index in [1.165, 1.54) is 11.1 Å². The third-order valence-corrected chi connectivity index (χ3v) is 10.5. The van der Waals surface area contributed by atoms with E-state index in [-0.39, 0.29) is 0 Å². The molecule has 0 saturated carbocycles. The Bertz CT molecular complexity index is 3140. The van der Waals surface area contributed by atoms with Gasteiger partial charge in [0.1, 0.15) is 11.2 Å². The molecular formula is C49H32N4O. The molecule has 11 rings (SSSR count). The van der Waals surface area contributed by atoms with E-state index >= 15 is 0 Å². The average Bonchev–Trinajstić information content (AvgIpc) is 3.91. The number of imidazole rings is 2. The van der Waals surface area contributed by atoms with Gasteiger partial charge < -0.3 is 9.32 Å². The van der Waals surface area contributed by atoms with Crippen LogP contribution in [0.5, 0.6) is 0 Å². The fourth-order valence-electron chi connectivity index (χ4n) is 8.00. The summed E-state index contributed by atoms with van der Waals surface area (Å²) in [4.78, 5) is 7.47. The largest absolute Gasteiger partial charge is 0.455 e. The molecule has 0 aliphatic heterocycles. The number of hydrogen-bond acceptors (Lipinski definition) is 3. The molecule has 0 N–H and O–H groups in total. The van der Waals surface area contributed by atoms with Crippen LogP contribution in [0.4, 0.5) is 17.1 Å². The summed E-state index contributed by atoms with van der Waals surface area (Å²) >= 11 is 0. The summed E-state index contributed by atoms with van der Waals surface area (Å²) in [6, 6.07) is 68.4. The van der Waals surface area contributed by atoms with Crippen molar-refractivity contribution in [3.05, 3.63) is 194 Å². The van der Waals surface area contributed by atoms with Gasteiger partial charge in [0.15, 0.2) is 0 Å². The fraction of sp³-hybridized carbons (Fsp3) is 0. The van der Waals surface area contributed by atoms with Crippen molar-refractivity contribution in [2.45, 2.75) is 0 Å². The third kappa shape index (κ3) is 4.76. The molecule has 3 heterocycles. The molecule has 0 saturated heterocycles. The standard InChI is InChI=1S/C49H32N4O/c1-3-12-33(13-4-1)34-22-26-37(27-23-34)51(38-28-24-35(25-29-38)40-17-11-18-42-41-16-7-10-21-47(41)54-48(40)42)39-30-31-45-46(32-39)53-44-20-9-8-19-43(44)50-49(53)52(45)36-14-5-2-6-15-36/h1-32H. The van der Waals surface area contributed by atoms with Crippen LogP contribution >= 0.6 is 0 Å². The van der Waals surface area contributed by atoms with Crippen molar-refractivity contribution in [3.8, 4) is 27.9 Å². The Morgan fingerprint density at radius 3 is 1.87 bits per heavy atom. The number of benzene rings is 8. The van der Waals surface area contributed by atoms with Crippen molar-refractivity contribution in [3.63, 3.8) is 0 Å². The van der Waals surface area contributed by atoms with Gasteiger partial charge >= 0.3 is 0 Å². The number of hydrogen-bond donors (Lipinski definition) is 0. The molecule has 0 unspecified atom stereocenters. The molecule has 0 amide bonds. The van der Waals surface area contributed by atoms with Gasteiger partial charge in [-0.2, -0.15) is 0 Å². The fourth-order valence-corrected chi connectivity index (χ4v) is 8.00. The van der Waals surface area contributed by atoms with E-state index in [2.05, 4.69) is 196 Å². The lowest BCUT2D eigenvalue weighted by molar-refractivity contribution is 0.670. The Labute approximate surface area is 311 Å². The van der Waals surface area contributed by atoms with Crippen molar-refractivity contribution >= 4 is 66.8 Å². The van der Waals surface area contributed by atoms with Gasteiger partial charge in [0, 0.05) is 39.1 Å². The first-order valence-electron chi connectivity index (χ1n) is 18.2. The Kier molecular flexibility index (Phi) is 6.79. The zero-order valence-corrected chi connectivity index (χ0v) is 29.2. The predicted octanol–water partition coefficient (Wildman–Crippen LogP) is 13.1. The van der Waals surface area contributed by atoms with E-state index in [1.807, 2.05) is 12.1 Å². The molecule has 3 aromatic heterocycles. The number of nitrogens with zero attached hydrogens (tertiary/aromatic N) is 4. The summed E-state index contributed by atoms with van der Waals surface area (Å²) in [5.41, 5.74) is 14.8. The van der Waals surface area contributed by atoms with Crippen LogP contribution in [0.25, 0.3) is 77.7 Å². The van der Waals surface area contributed by atoms with Crippen LogP contribution in [0.15, 0.2) is 199 Å². The molecule has 0 aliphatic rings. The lowest BCUT2D eigenvalue weighted by atomic mass is 10.0. The van der Waals surface area contributed by atoms with Gasteiger partial charge in [0.05, 0.1) is 22.1 Å². The van der Waals surface area contributed by atoms with Crippen LogP contribution < -0.4 is 4.90 Å². The van der Waals surface area contributed by atoms with E-state index in [0.717, 1.165) is 83.7 Å². The summed E-state index contributed by atoms with van der Waals surface area (Å²) in [6.45, 7) is 0. The first-order chi connectivity index (χ1) is 26.8. The van der Waals surface area contributed by atoms with Crippen LogP contribution in [0.2, 0.25) is 0 Å². The van der Waals surface area contributed by atoms with Crippen molar-refractivity contribution in [1.82, 2.24) is 14.0 Å². The molecule has 54 heavy (non-hydrogen) atoms. The molecule has 0 spiro atoms. The zero-order valence-electron chi connectivity index (χ0n) is 29.2. The van der Waals surface area contributed by atoms with Gasteiger partial charge in [-0.25, -0.2) is 4.98 Å². The normalized spacial score (nSPS) is 11.7. The Balaban J connectivity index is 1.09. The molecule has 0 bridgehead atoms. The third-order valence-electron chi connectivity index (χ3n) is 10.5. The maximum absolute atomic E-state index is 6.42. The molecule has 0 fully saturated rings. The minimum atomic E-state index is 0.887. The van der Waals surface area contributed by atoms with Gasteiger partial charge in [0.2, 0.25) is 5.78 Å². The average molecular weight is 693 g/mol. The second-order valence-corrected chi connectivity index (χ2v) is 13.7. The van der Waals surface area contributed by atoms with Crippen LogP contribution in [-0.4, -0.2) is 14.0 Å². The highest BCUT2D eigenvalue weighted by Crippen LogP contribution is 2.41.